The highest BCUT2D eigenvalue weighted by molar-refractivity contribution is 5.71. The van der Waals surface area contributed by atoms with Crippen LogP contribution in [0.4, 0.5) is 0 Å². The third-order valence-corrected chi connectivity index (χ3v) is 11.9. The second-order valence-electron chi connectivity index (χ2n) is 18.8. The first-order valence-electron chi connectivity index (χ1n) is 29.0. The van der Waals surface area contributed by atoms with E-state index >= 15 is 0 Å². The predicted octanol–water partition coefficient (Wildman–Crippen LogP) is 19.6. The lowest BCUT2D eigenvalue weighted by molar-refractivity contribution is -0.167. The van der Waals surface area contributed by atoms with Gasteiger partial charge in [-0.05, 0) is 135 Å². The van der Waals surface area contributed by atoms with E-state index in [1.54, 1.807) is 0 Å². The lowest BCUT2D eigenvalue weighted by Crippen LogP contribution is -2.30. The van der Waals surface area contributed by atoms with Gasteiger partial charge in [-0.25, -0.2) is 0 Å². The normalized spacial score (nSPS) is 13.0. The number of hydrogen-bond acceptors (Lipinski definition) is 6. The maximum absolute atomic E-state index is 12.9. The largest absolute Gasteiger partial charge is 0.462 e. The van der Waals surface area contributed by atoms with Crippen molar-refractivity contribution in [2.75, 3.05) is 13.2 Å². The fourth-order valence-electron chi connectivity index (χ4n) is 7.56. The minimum atomic E-state index is -0.818. The number of unbranched alkanes of at least 4 members (excludes halogenated alkanes) is 20. The second-order valence-corrected chi connectivity index (χ2v) is 18.8. The maximum Gasteiger partial charge on any atom is 0.306 e. The Bertz CT molecular complexity index is 1500. The van der Waals surface area contributed by atoms with Crippen molar-refractivity contribution < 1.29 is 28.6 Å². The van der Waals surface area contributed by atoms with Crippen LogP contribution in [0.2, 0.25) is 0 Å². The summed E-state index contributed by atoms with van der Waals surface area (Å²) >= 11 is 0. The van der Waals surface area contributed by atoms with E-state index in [4.69, 9.17) is 14.2 Å². The van der Waals surface area contributed by atoms with Crippen molar-refractivity contribution >= 4 is 17.9 Å². The smallest absolute Gasteiger partial charge is 0.306 e. The Morgan fingerprint density at radius 1 is 0.296 bits per heavy atom. The van der Waals surface area contributed by atoms with Crippen LogP contribution < -0.4 is 0 Å². The molecular weight excluding hydrogens is 877 g/mol. The van der Waals surface area contributed by atoms with Gasteiger partial charge in [-0.3, -0.25) is 14.4 Å². The molecule has 0 radical (unpaired) electrons. The van der Waals surface area contributed by atoms with E-state index in [1.165, 1.54) is 96.3 Å². The topological polar surface area (TPSA) is 78.9 Å². The van der Waals surface area contributed by atoms with Crippen LogP contribution in [0.25, 0.3) is 0 Å². The van der Waals surface area contributed by atoms with Crippen LogP contribution in [-0.2, 0) is 28.6 Å². The molecule has 0 spiro atoms. The highest BCUT2D eigenvalue weighted by atomic mass is 16.6. The van der Waals surface area contributed by atoms with Crippen molar-refractivity contribution in [2.45, 2.75) is 258 Å². The molecule has 402 valence electrons. The zero-order valence-electron chi connectivity index (χ0n) is 45.9. The molecule has 0 saturated heterocycles. The number of allylic oxidation sites excluding steroid dienone is 20. The highest BCUT2D eigenvalue weighted by Crippen LogP contribution is 2.14. The molecule has 0 aliphatic carbocycles. The minimum Gasteiger partial charge on any atom is -0.462 e. The fraction of sp³-hybridized carbons (Fsp3) is 0.646. The molecular formula is C65H106O6. The van der Waals surface area contributed by atoms with Gasteiger partial charge in [-0.1, -0.05) is 219 Å². The molecule has 0 aliphatic rings. The summed E-state index contributed by atoms with van der Waals surface area (Å²) in [5.74, 6) is -0.989. The van der Waals surface area contributed by atoms with Gasteiger partial charge < -0.3 is 14.2 Å². The van der Waals surface area contributed by atoms with Crippen LogP contribution in [0.1, 0.15) is 252 Å². The van der Waals surface area contributed by atoms with Crippen molar-refractivity contribution in [3.05, 3.63) is 122 Å². The monoisotopic (exact) mass is 983 g/mol. The van der Waals surface area contributed by atoms with Gasteiger partial charge in [0.15, 0.2) is 6.10 Å². The number of hydrogen-bond donors (Lipinski definition) is 0. The van der Waals surface area contributed by atoms with Crippen molar-refractivity contribution in [3.8, 4) is 0 Å². The van der Waals surface area contributed by atoms with E-state index in [9.17, 15) is 14.4 Å². The molecule has 6 heteroatoms. The molecule has 1 atom stereocenters. The SMILES string of the molecule is CC/C=C\C/C=C\C/C=C\C/C=C\CCCCC(=O)OC[C@H](COC(=O)CCCCCCCCCCC/C=C\C/C=C\CCCCC)OC(=O)CCCCC/C=C\C/C=C\C/C=C\C/C=C\CCCCC. The summed E-state index contributed by atoms with van der Waals surface area (Å²) in [6, 6.07) is 0. The van der Waals surface area contributed by atoms with Crippen LogP contribution in [0.3, 0.4) is 0 Å². The molecule has 0 amide bonds. The zero-order valence-corrected chi connectivity index (χ0v) is 45.9. The Morgan fingerprint density at radius 2 is 0.549 bits per heavy atom. The van der Waals surface area contributed by atoms with Crippen molar-refractivity contribution in [2.24, 2.45) is 0 Å². The van der Waals surface area contributed by atoms with E-state index in [1.807, 2.05) is 0 Å². The van der Waals surface area contributed by atoms with Gasteiger partial charge in [0.05, 0.1) is 0 Å². The average molecular weight is 984 g/mol. The molecule has 0 aromatic rings. The first-order chi connectivity index (χ1) is 35.0. The van der Waals surface area contributed by atoms with E-state index in [2.05, 4.69) is 142 Å². The fourth-order valence-corrected chi connectivity index (χ4v) is 7.56. The Morgan fingerprint density at radius 3 is 0.901 bits per heavy atom. The number of ether oxygens (including phenoxy) is 3. The van der Waals surface area contributed by atoms with Gasteiger partial charge >= 0.3 is 17.9 Å². The van der Waals surface area contributed by atoms with Gasteiger partial charge in [-0.15, -0.1) is 0 Å². The van der Waals surface area contributed by atoms with Gasteiger partial charge in [0.25, 0.3) is 0 Å². The maximum atomic E-state index is 12.9. The highest BCUT2D eigenvalue weighted by Gasteiger charge is 2.19. The second kappa shape index (κ2) is 58.4. The molecule has 0 unspecified atom stereocenters. The van der Waals surface area contributed by atoms with Crippen LogP contribution in [-0.4, -0.2) is 37.2 Å². The molecule has 6 nitrogen and oxygen atoms in total. The number of rotatable bonds is 51. The summed E-state index contributed by atoms with van der Waals surface area (Å²) in [6.45, 7) is 6.40. The molecule has 0 rings (SSSR count). The van der Waals surface area contributed by atoms with Crippen LogP contribution in [0.15, 0.2) is 122 Å². The van der Waals surface area contributed by atoms with E-state index in [-0.39, 0.29) is 37.5 Å². The minimum absolute atomic E-state index is 0.109. The summed E-state index contributed by atoms with van der Waals surface area (Å²) in [4.78, 5) is 38.2. The summed E-state index contributed by atoms with van der Waals surface area (Å²) < 4.78 is 16.8. The van der Waals surface area contributed by atoms with E-state index < -0.39 is 6.10 Å². The van der Waals surface area contributed by atoms with Crippen LogP contribution in [0, 0.1) is 0 Å². The molecule has 0 aliphatic heterocycles. The summed E-state index contributed by atoms with van der Waals surface area (Å²) in [5, 5.41) is 0. The predicted molar refractivity (Wildman–Crippen MR) is 306 cm³/mol. The first-order valence-corrected chi connectivity index (χ1v) is 29.0. The third-order valence-electron chi connectivity index (χ3n) is 11.9. The molecule has 0 fully saturated rings. The zero-order chi connectivity index (χ0) is 51.4. The van der Waals surface area contributed by atoms with Crippen molar-refractivity contribution in [1.82, 2.24) is 0 Å². The Labute approximate surface area is 437 Å². The van der Waals surface area contributed by atoms with E-state index in [0.717, 1.165) is 103 Å². The lowest BCUT2D eigenvalue weighted by atomic mass is 10.1. The summed E-state index contributed by atoms with van der Waals surface area (Å²) in [7, 11) is 0. The summed E-state index contributed by atoms with van der Waals surface area (Å²) in [5.41, 5.74) is 0. The third kappa shape index (κ3) is 56.6. The van der Waals surface area contributed by atoms with Crippen LogP contribution in [0.5, 0.6) is 0 Å². The molecule has 0 N–H and O–H groups in total. The molecule has 0 heterocycles. The molecule has 71 heavy (non-hydrogen) atoms. The Hall–Kier alpha value is -4.19. The Kier molecular flexibility index (Phi) is 54.9. The Balaban J connectivity index is 4.52. The summed E-state index contributed by atoms with van der Waals surface area (Å²) in [6.07, 6.45) is 80.4. The van der Waals surface area contributed by atoms with Gasteiger partial charge in [0.2, 0.25) is 0 Å². The molecule has 0 aromatic carbocycles. The molecule has 0 saturated carbocycles. The molecule has 0 bridgehead atoms. The quantitative estimate of drug-likeness (QED) is 0.0261. The number of carbonyl (C=O) groups excluding carboxylic acids is 3. The lowest BCUT2D eigenvalue weighted by Gasteiger charge is -2.18. The first kappa shape index (κ1) is 66.8. The van der Waals surface area contributed by atoms with Crippen molar-refractivity contribution in [3.63, 3.8) is 0 Å². The number of esters is 3. The average Bonchev–Trinajstić information content (AvgIpc) is 3.37. The van der Waals surface area contributed by atoms with Crippen LogP contribution >= 0.6 is 0 Å². The standard InChI is InChI=1S/C65H106O6/c1-4-7-10-13-16-19-22-25-28-30-32-34-37-40-43-46-49-52-55-58-64(67)70-61-62(60-69-63(66)57-54-51-48-45-42-39-36-27-24-21-18-15-12-9-6-3)71-65(68)59-56-53-50-47-44-41-38-35-33-31-29-26-23-20-17-14-11-8-5-2/h9,12,16-21,25-29,33,35-36,41-42,44-45,62H,4-8,10-11,13-15,22-24,30-32,34,37-40,43,46-61H2,1-3H3/b12-9-,19-16-,20-17-,21-18-,28-25-,29-26-,35-33-,36-27-,44-41-,45-42-/t62-/m1/s1. The molecule has 0 aromatic heterocycles. The van der Waals surface area contributed by atoms with E-state index in [0.29, 0.717) is 25.7 Å². The van der Waals surface area contributed by atoms with Gasteiger partial charge in [0, 0.05) is 19.3 Å². The van der Waals surface area contributed by atoms with Crippen molar-refractivity contribution in [1.29, 1.82) is 0 Å². The van der Waals surface area contributed by atoms with Gasteiger partial charge in [0.1, 0.15) is 13.2 Å². The number of carbonyl (C=O) groups is 3. The van der Waals surface area contributed by atoms with Gasteiger partial charge in [-0.2, -0.15) is 0 Å².